The number of rotatable bonds is 8. The third-order valence-electron chi connectivity index (χ3n) is 3.98. The van der Waals surface area contributed by atoms with E-state index in [1.807, 2.05) is 0 Å². The van der Waals surface area contributed by atoms with Crippen molar-refractivity contribution in [2.45, 2.75) is 58.0 Å². The second kappa shape index (κ2) is 10.1. The van der Waals surface area contributed by atoms with Crippen LogP contribution >= 0.6 is 0 Å². The Kier molecular flexibility index (Phi) is 8.46. The molecule has 29 heavy (non-hydrogen) atoms. The van der Waals surface area contributed by atoms with E-state index >= 15 is 0 Å². The number of carbonyl (C=O) groups is 4. The van der Waals surface area contributed by atoms with Crippen LogP contribution in [0.4, 0.5) is 13.2 Å². The second-order valence-electron chi connectivity index (χ2n) is 6.42. The van der Waals surface area contributed by atoms with Crippen LogP contribution in [-0.4, -0.2) is 71.2 Å². The highest BCUT2D eigenvalue weighted by atomic mass is 19.4. The van der Waals surface area contributed by atoms with Crippen molar-refractivity contribution in [2.24, 2.45) is 0 Å². The van der Waals surface area contributed by atoms with E-state index in [2.05, 4.69) is 5.32 Å². The number of ether oxygens (including phenoxy) is 1. The minimum absolute atomic E-state index is 0.297. The normalized spacial score (nSPS) is 21.4. The summed E-state index contributed by atoms with van der Waals surface area (Å²) in [5.74, 6) is -6.18. The summed E-state index contributed by atoms with van der Waals surface area (Å²) >= 11 is 0. The fourth-order valence-electron chi connectivity index (χ4n) is 2.85. The maximum atomic E-state index is 13.0. The summed E-state index contributed by atoms with van der Waals surface area (Å²) in [4.78, 5) is 48.7. The molecule has 0 bridgehead atoms. The van der Waals surface area contributed by atoms with E-state index in [0.717, 1.165) is 13.0 Å². The number of hydrogen-bond acceptors (Lipinski definition) is 5. The molecule has 0 aromatic carbocycles. The SMILES string of the molecule is CCCN(CCC)C(=O)[C@@H]1OC(C(=O)O)=C[C@H](NC(=O)C(F)(F)F)[C@H]1NC(C)=O. The number of alkyl halides is 3. The van der Waals surface area contributed by atoms with E-state index in [0.29, 0.717) is 25.9 Å². The third-order valence-corrected chi connectivity index (χ3v) is 3.98. The van der Waals surface area contributed by atoms with E-state index in [4.69, 9.17) is 4.74 Å². The van der Waals surface area contributed by atoms with Crippen molar-refractivity contribution in [3.63, 3.8) is 0 Å². The molecule has 0 radical (unpaired) electrons. The van der Waals surface area contributed by atoms with Crippen LogP contribution in [0.3, 0.4) is 0 Å². The number of hydrogen-bond donors (Lipinski definition) is 3. The van der Waals surface area contributed by atoms with E-state index in [1.165, 1.54) is 4.90 Å². The van der Waals surface area contributed by atoms with Crippen LogP contribution in [0.5, 0.6) is 0 Å². The van der Waals surface area contributed by atoms with Crippen molar-refractivity contribution >= 4 is 23.7 Å². The zero-order chi connectivity index (χ0) is 22.4. The van der Waals surface area contributed by atoms with Gasteiger partial charge < -0.3 is 25.4 Å². The first kappa shape index (κ1) is 24.2. The molecule has 12 heteroatoms. The Morgan fingerprint density at radius 1 is 1.14 bits per heavy atom. The number of nitrogens with one attached hydrogen (secondary N) is 2. The average molecular weight is 423 g/mol. The highest BCUT2D eigenvalue weighted by molar-refractivity contribution is 5.89. The Labute approximate surface area is 165 Å². The van der Waals surface area contributed by atoms with Gasteiger partial charge in [-0.2, -0.15) is 13.2 Å². The molecule has 9 nitrogen and oxygen atoms in total. The Hall–Kier alpha value is -2.79. The molecule has 0 fully saturated rings. The van der Waals surface area contributed by atoms with Crippen molar-refractivity contribution in [2.75, 3.05) is 13.1 Å². The highest BCUT2D eigenvalue weighted by Gasteiger charge is 2.47. The quantitative estimate of drug-likeness (QED) is 0.524. The summed E-state index contributed by atoms with van der Waals surface area (Å²) in [5.41, 5.74) is 0. The fourth-order valence-corrected chi connectivity index (χ4v) is 2.85. The number of aliphatic carboxylic acids is 1. The van der Waals surface area contributed by atoms with Crippen molar-refractivity contribution < 1.29 is 42.2 Å². The smallest absolute Gasteiger partial charge is 0.471 e. The van der Waals surface area contributed by atoms with Crippen LogP contribution in [0.25, 0.3) is 0 Å². The zero-order valence-corrected chi connectivity index (χ0v) is 16.2. The molecule has 1 heterocycles. The number of nitrogens with zero attached hydrogens (tertiary/aromatic N) is 1. The highest BCUT2D eigenvalue weighted by Crippen LogP contribution is 2.23. The Morgan fingerprint density at radius 2 is 1.69 bits per heavy atom. The molecule has 164 valence electrons. The first-order valence-electron chi connectivity index (χ1n) is 8.97. The minimum Gasteiger partial charge on any atom is -0.475 e. The van der Waals surface area contributed by atoms with Gasteiger partial charge in [0.15, 0.2) is 6.10 Å². The predicted molar refractivity (Wildman–Crippen MR) is 93.3 cm³/mol. The molecule has 0 saturated carbocycles. The Bertz CT molecular complexity index is 674. The molecule has 0 aromatic rings. The topological polar surface area (TPSA) is 125 Å². The van der Waals surface area contributed by atoms with E-state index in [-0.39, 0.29) is 0 Å². The second-order valence-corrected chi connectivity index (χ2v) is 6.42. The number of carboxylic acids is 1. The maximum Gasteiger partial charge on any atom is 0.471 e. The van der Waals surface area contributed by atoms with Gasteiger partial charge in [0.2, 0.25) is 11.7 Å². The molecule has 3 amide bonds. The molecule has 1 aliphatic rings. The summed E-state index contributed by atoms with van der Waals surface area (Å²) in [6.07, 6.45) is -5.02. The van der Waals surface area contributed by atoms with Gasteiger partial charge in [0, 0.05) is 20.0 Å². The molecular weight excluding hydrogens is 399 g/mol. The van der Waals surface area contributed by atoms with Crippen LogP contribution in [0, 0.1) is 0 Å². The molecule has 0 unspecified atom stereocenters. The fraction of sp³-hybridized carbons (Fsp3) is 0.647. The van der Waals surface area contributed by atoms with E-state index < -0.39 is 53.8 Å². The van der Waals surface area contributed by atoms with Crippen LogP contribution < -0.4 is 10.6 Å². The molecule has 0 aliphatic carbocycles. The van der Waals surface area contributed by atoms with Crippen LogP contribution in [0.2, 0.25) is 0 Å². The van der Waals surface area contributed by atoms with Gasteiger partial charge in [-0.3, -0.25) is 14.4 Å². The van der Waals surface area contributed by atoms with Gasteiger partial charge in [-0.1, -0.05) is 13.8 Å². The molecule has 3 N–H and O–H groups in total. The summed E-state index contributed by atoms with van der Waals surface area (Å²) < 4.78 is 43.3. The van der Waals surface area contributed by atoms with Gasteiger partial charge in [-0.05, 0) is 18.9 Å². The lowest BCUT2D eigenvalue weighted by Crippen LogP contribution is -2.64. The number of amides is 3. The van der Waals surface area contributed by atoms with Crippen LogP contribution in [-0.2, 0) is 23.9 Å². The lowest BCUT2D eigenvalue weighted by molar-refractivity contribution is -0.175. The number of carboxylic acid groups (broad SMARTS) is 1. The lowest BCUT2D eigenvalue weighted by Gasteiger charge is -2.38. The molecule has 0 saturated heterocycles. The molecule has 3 atom stereocenters. The predicted octanol–water partition coefficient (Wildman–Crippen LogP) is 0.554. The largest absolute Gasteiger partial charge is 0.475 e. The molecule has 0 spiro atoms. The minimum atomic E-state index is -5.24. The van der Waals surface area contributed by atoms with Gasteiger partial charge in [0.05, 0.1) is 12.1 Å². The van der Waals surface area contributed by atoms with Gasteiger partial charge in [0.1, 0.15) is 0 Å². The van der Waals surface area contributed by atoms with E-state index in [9.17, 15) is 37.5 Å². The zero-order valence-electron chi connectivity index (χ0n) is 16.2. The summed E-state index contributed by atoms with van der Waals surface area (Å²) in [6, 6.07) is -3.07. The van der Waals surface area contributed by atoms with E-state index in [1.54, 1.807) is 19.2 Å². The van der Waals surface area contributed by atoms with Gasteiger partial charge in [-0.15, -0.1) is 0 Å². The first-order valence-corrected chi connectivity index (χ1v) is 8.97. The van der Waals surface area contributed by atoms with Gasteiger partial charge >= 0.3 is 18.1 Å². The van der Waals surface area contributed by atoms with Gasteiger partial charge in [-0.25, -0.2) is 4.79 Å². The van der Waals surface area contributed by atoms with Crippen molar-refractivity contribution in [1.82, 2.24) is 15.5 Å². The third kappa shape index (κ3) is 6.64. The molecule has 1 rings (SSSR count). The molecular formula is C17H24F3N3O6. The van der Waals surface area contributed by atoms with Crippen LogP contribution in [0.15, 0.2) is 11.8 Å². The Morgan fingerprint density at radius 3 is 2.10 bits per heavy atom. The molecule has 0 aromatic heterocycles. The number of carbonyl (C=O) groups excluding carboxylic acids is 3. The Balaban J connectivity index is 3.35. The maximum absolute atomic E-state index is 13.0. The van der Waals surface area contributed by atoms with Crippen molar-refractivity contribution in [1.29, 1.82) is 0 Å². The number of halogens is 3. The van der Waals surface area contributed by atoms with Crippen molar-refractivity contribution in [3.8, 4) is 0 Å². The average Bonchev–Trinajstić information content (AvgIpc) is 2.60. The van der Waals surface area contributed by atoms with Gasteiger partial charge in [0.25, 0.3) is 5.91 Å². The molecule has 1 aliphatic heterocycles. The summed E-state index contributed by atoms with van der Waals surface area (Å²) in [7, 11) is 0. The van der Waals surface area contributed by atoms with Crippen molar-refractivity contribution in [3.05, 3.63) is 11.8 Å². The standard InChI is InChI=1S/C17H24F3N3O6/c1-4-6-23(7-5-2)14(25)13-12(21-9(3)24)10(8-11(29-13)15(26)27)22-16(28)17(18,19)20/h8,10,12-13H,4-7H2,1-3H3,(H,21,24)(H,22,28)(H,26,27)/t10-,12+,13+/m0/s1. The lowest BCUT2D eigenvalue weighted by atomic mass is 9.96. The first-order chi connectivity index (χ1) is 13.4. The monoisotopic (exact) mass is 423 g/mol. The van der Waals surface area contributed by atoms with Crippen LogP contribution in [0.1, 0.15) is 33.6 Å². The summed E-state index contributed by atoms with van der Waals surface area (Å²) in [5, 5.41) is 13.1. The summed E-state index contributed by atoms with van der Waals surface area (Å²) in [6.45, 7) is 5.27.